The monoisotopic (exact) mass is 230 g/mol. The van der Waals surface area contributed by atoms with E-state index in [9.17, 15) is 0 Å². The van der Waals surface area contributed by atoms with Gasteiger partial charge in [0.15, 0.2) is 0 Å². The number of anilines is 1. The first-order chi connectivity index (χ1) is 7.90. The number of nitrogens with one attached hydrogen (secondary N) is 1. The lowest BCUT2D eigenvalue weighted by atomic mass is 10.1. The van der Waals surface area contributed by atoms with Gasteiger partial charge in [0.25, 0.3) is 0 Å². The van der Waals surface area contributed by atoms with E-state index >= 15 is 0 Å². The minimum Gasteiger partial charge on any atom is -0.562 e. The maximum atomic E-state index is 5.42. The number of hydrogen-bond acceptors (Lipinski definition) is 3. The summed E-state index contributed by atoms with van der Waals surface area (Å²) in [5, 5.41) is 5.45. The Morgan fingerprint density at radius 2 is 2.12 bits per heavy atom. The molecule has 0 unspecified atom stereocenters. The second-order valence-corrected chi connectivity index (χ2v) is 4.31. The minimum absolute atomic E-state index is 0.835. The van der Waals surface area contributed by atoms with Crippen molar-refractivity contribution in [1.82, 2.24) is 0 Å². The molecule has 0 aliphatic rings. The van der Waals surface area contributed by atoms with Crippen molar-refractivity contribution in [3.63, 3.8) is 0 Å². The van der Waals surface area contributed by atoms with Gasteiger partial charge in [0.05, 0.1) is 5.69 Å². The quantitative estimate of drug-likeness (QED) is 0.794. The molecule has 1 N–H and O–H groups in total. The Balaban J connectivity index is 2.03. The molecular formula is C12H13BNOS. The third-order valence-electron chi connectivity index (χ3n) is 2.17. The Morgan fingerprint density at radius 3 is 2.88 bits per heavy atom. The zero-order chi connectivity index (χ0) is 11.2. The molecule has 0 saturated heterocycles. The van der Waals surface area contributed by atoms with Gasteiger partial charge in [-0.25, -0.2) is 0 Å². The van der Waals surface area contributed by atoms with Crippen molar-refractivity contribution >= 4 is 24.5 Å². The molecule has 1 aromatic carbocycles. The molecule has 0 amide bonds. The summed E-state index contributed by atoms with van der Waals surface area (Å²) in [6.45, 7) is 2.71. The summed E-state index contributed by atoms with van der Waals surface area (Å²) in [6.07, 6.45) is 0. The first kappa shape index (κ1) is 11.1. The van der Waals surface area contributed by atoms with Gasteiger partial charge in [0.2, 0.25) is 0 Å². The van der Waals surface area contributed by atoms with E-state index in [1.807, 2.05) is 31.1 Å². The summed E-state index contributed by atoms with van der Waals surface area (Å²) < 4.78 is 5.42. The number of para-hydroxylation sites is 2. The second-order valence-electron chi connectivity index (χ2n) is 3.28. The first-order valence-electron chi connectivity index (χ1n) is 5.20. The smallest absolute Gasteiger partial charge is 0.366 e. The zero-order valence-corrected chi connectivity index (χ0v) is 9.96. The summed E-state index contributed by atoms with van der Waals surface area (Å²) in [5.74, 6) is 0.863. The molecule has 0 spiro atoms. The Bertz CT molecular complexity index is 430. The predicted molar refractivity (Wildman–Crippen MR) is 70.3 cm³/mol. The Hall–Kier alpha value is -1.42. The van der Waals surface area contributed by atoms with Gasteiger partial charge < -0.3 is 9.97 Å². The molecule has 0 fully saturated rings. The molecule has 0 aliphatic carbocycles. The van der Waals surface area contributed by atoms with Crippen LogP contribution < -0.4 is 9.97 Å². The van der Waals surface area contributed by atoms with Crippen LogP contribution in [0.2, 0.25) is 6.82 Å². The first-order valence-corrected chi connectivity index (χ1v) is 6.08. The summed E-state index contributed by atoms with van der Waals surface area (Å²) in [7, 11) is 1.69. The van der Waals surface area contributed by atoms with Crippen molar-refractivity contribution in [3.8, 4) is 5.75 Å². The maximum Gasteiger partial charge on any atom is 0.366 e. The Kier molecular flexibility index (Phi) is 3.89. The molecule has 81 valence electrons. The van der Waals surface area contributed by atoms with Crippen molar-refractivity contribution in [2.75, 3.05) is 5.32 Å². The van der Waals surface area contributed by atoms with Crippen molar-refractivity contribution in [3.05, 3.63) is 46.7 Å². The average molecular weight is 230 g/mol. The Labute approximate surface area is 101 Å². The van der Waals surface area contributed by atoms with Gasteiger partial charge in [-0.15, -0.1) is 11.3 Å². The number of hydrogen-bond donors (Lipinski definition) is 1. The van der Waals surface area contributed by atoms with E-state index in [4.69, 9.17) is 4.65 Å². The van der Waals surface area contributed by atoms with Crippen LogP contribution >= 0.6 is 11.3 Å². The molecular weight excluding hydrogens is 217 g/mol. The topological polar surface area (TPSA) is 21.3 Å². The standard InChI is InChI=1S/C12H13BNOS/c1-13-15-12-7-3-2-6-11(12)14-9-10-5-4-8-16-10/h2-8,14H,9H2,1H3. The molecule has 0 saturated carbocycles. The van der Waals surface area contributed by atoms with Gasteiger partial charge in [0, 0.05) is 11.4 Å². The van der Waals surface area contributed by atoms with E-state index in [0.29, 0.717) is 0 Å². The number of thiophene rings is 1. The molecule has 0 aliphatic heterocycles. The van der Waals surface area contributed by atoms with Crippen molar-refractivity contribution in [2.24, 2.45) is 0 Å². The van der Waals surface area contributed by atoms with Gasteiger partial charge in [0.1, 0.15) is 5.75 Å². The van der Waals surface area contributed by atoms with Crippen LogP contribution in [-0.4, -0.2) is 7.48 Å². The highest BCUT2D eigenvalue weighted by molar-refractivity contribution is 7.09. The number of rotatable bonds is 5. The van der Waals surface area contributed by atoms with Gasteiger partial charge in [-0.3, -0.25) is 0 Å². The molecule has 1 radical (unpaired) electrons. The van der Waals surface area contributed by atoms with Crippen LogP contribution in [0, 0.1) is 0 Å². The van der Waals surface area contributed by atoms with E-state index in [2.05, 4.69) is 22.8 Å². The fourth-order valence-electron chi connectivity index (χ4n) is 1.44. The van der Waals surface area contributed by atoms with Crippen LogP contribution in [0.1, 0.15) is 4.88 Å². The molecule has 4 heteroatoms. The molecule has 0 bridgehead atoms. The van der Waals surface area contributed by atoms with Crippen LogP contribution in [0.15, 0.2) is 41.8 Å². The zero-order valence-electron chi connectivity index (χ0n) is 9.14. The average Bonchev–Trinajstić information content (AvgIpc) is 2.81. The highest BCUT2D eigenvalue weighted by Gasteiger charge is 2.01. The summed E-state index contributed by atoms with van der Waals surface area (Å²) in [5.41, 5.74) is 1.02. The maximum absolute atomic E-state index is 5.42. The highest BCUT2D eigenvalue weighted by Crippen LogP contribution is 2.24. The van der Waals surface area contributed by atoms with Gasteiger partial charge in [-0.1, -0.05) is 25.0 Å². The van der Waals surface area contributed by atoms with Gasteiger partial charge >= 0.3 is 7.48 Å². The van der Waals surface area contributed by atoms with Gasteiger partial charge in [-0.2, -0.15) is 0 Å². The lowest BCUT2D eigenvalue weighted by molar-refractivity contribution is 0.601. The Morgan fingerprint density at radius 1 is 1.25 bits per heavy atom. The van der Waals surface area contributed by atoms with Gasteiger partial charge in [-0.05, 0) is 23.6 Å². The fourth-order valence-corrected chi connectivity index (χ4v) is 2.08. The van der Waals surface area contributed by atoms with Crippen LogP contribution in [0.3, 0.4) is 0 Å². The molecule has 16 heavy (non-hydrogen) atoms. The third kappa shape index (κ3) is 2.79. The minimum atomic E-state index is 0.835. The molecule has 0 atom stereocenters. The lowest BCUT2D eigenvalue weighted by Crippen LogP contribution is -2.02. The SMILES string of the molecule is C[B]Oc1ccccc1NCc1cccs1. The van der Waals surface area contributed by atoms with Crippen LogP contribution in [-0.2, 0) is 6.54 Å². The molecule has 2 nitrogen and oxygen atoms in total. The molecule has 1 aromatic heterocycles. The summed E-state index contributed by atoms with van der Waals surface area (Å²) in [6, 6.07) is 12.1. The van der Waals surface area contributed by atoms with Crippen molar-refractivity contribution in [1.29, 1.82) is 0 Å². The van der Waals surface area contributed by atoms with Crippen LogP contribution in [0.4, 0.5) is 5.69 Å². The van der Waals surface area contributed by atoms with Crippen LogP contribution in [0.5, 0.6) is 5.75 Å². The van der Waals surface area contributed by atoms with E-state index in [0.717, 1.165) is 18.0 Å². The summed E-state index contributed by atoms with van der Waals surface area (Å²) >= 11 is 1.75. The van der Waals surface area contributed by atoms with E-state index in [-0.39, 0.29) is 0 Å². The number of benzene rings is 1. The highest BCUT2D eigenvalue weighted by atomic mass is 32.1. The fraction of sp³-hybridized carbons (Fsp3) is 0.167. The lowest BCUT2D eigenvalue weighted by Gasteiger charge is -2.11. The molecule has 2 rings (SSSR count). The molecule has 1 heterocycles. The van der Waals surface area contributed by atoms with Crippen molar-refractivity contribution < 1.29 is 4.65 Å². The second kappa shape index (κ2) is 5.61. The van der Waals surface area contributed by atoms with E-state index in [1.165, 1.54) is 4.88 Å². The van der Waals surface area contributed by atoms with E-state index < -0.39 is 0 Å². The summed E-state index contributed by atoms with van der Waals surface area (Å²) in [4.78, 5) is 1.32. The van der Waals surface area contributed by atoms with E-state index in [1.54, 1.807) is 18.8 Å². The van der Waals surface area contributed by atoms with Crippen molar-refractivity contribution in [2.45, 2.75) is 13.4 Å². The largest absolute Gasteiger partial charge is 0.562 e. The predicted octanol–water partition coefficient (Wildman–Crippen LogP) is 3.41. The molecule has 2 aromatic rings. The normalized spacial score (nSPS) is 9.81. The third-order valence-corrected chi connectivity index (χ3v) is 3.04. The van der Waals surface area contributed by atoms with Crippen LogP contribution in [0.25, 0.3) is 0 Å².